The number of carbonyl (C=O) groups excluding carboxylic acids is 10. The molecule has 10 heterocycles. The molecule has 0 radical (unpaired) electrons. The van der Waals surface area contributed by atoms with Crippen molar-refractivity contribution in [3.8, 4) is 5.00 Å². The van der Waals surface area contributed by atoms with Gasteiger partial charge in [-0.3, -0.25) is 72.2 Å². The average molecular weight is 1810 g/mol. The number of hydrogen-bond donors (Lipinski definition) is 9. The van der Waals surface area contributed by atoms with Crippen molar-refractivity contribution in [2.75, 3.05) is 172 Å². The SMILES string of the molecule is Cc1sc2c(c1C)C(c1ccc(Cl)cc1)=N[C@@H](CC(=O)N1CCC(N3CCN(CCOCCOCCOCCOCCC(=O)NCCCN(CCCNC(=O)CCNC(=O)c4nc(NC(=O)CCNC(=O)c5cc(NC(=O)c6nc(NC(=O)CCNC(=O)c7cc(NC(=O)c8nccn8C)cn7C)cn6C)cn5C)cn4C)CC(F)(F)F)CC3)CC1)c1nnc(C)n1-2. The Hall–Kier alpha value is -11.6. The summed E-state index contributed by atoms with van der Waals surface area (Å²) in [7, 11) is 7.94. The van der Waals surface area contributed by atoms with Crippen molar-refractivity contribution in [1.82, 2.24) is 98.7 Å². The van der Waals surface area contributed by atoms with Crippen LogP contribution < -0.4 is 47.9 Å². The second kappa shape index (κ2) is 46.2. The topological polar surface area (TPSA) is 435 Å². The number of nitrogens with zero attached hydrogens (tertiary/aromatic N) is 16. The zero-order valence-corrected chi connectivity index (χ0v) is 74.1. The number of aliphatic imine (C=N–C) groups is 1. The van der Waals surface area contributed by atoms with Crippen molar-refractivity contribution in [3.05, 3.63) is 141 Å². The molecule has 11 rings (SSSR count). The lowest BCUT2D eigenvalue weighted by molar-refractivity contribution is -0.146. The number of piperidine rings is 1. The van der Waals surface area contributed by atoms with E-state index in [9.17, 15) is 61.1 Å². The Morgan fingerprint density at radius 1 is 0.551 bits per heavy atom. The van der Waals surface area contributed by atoms with Crippen molar-refractivity contribution < 1.29 is 80.1 Å². The normalized spacial score (nSPS) is 14.4. The van der Waals surface area contributed by atoms with Gasteiger partial charge in [-0.25, -0.2) is 15.0 Å². The van der Waals surface area contributed by atoms with Crippen LogP contribution in [-0.2, 0) is 78.2 Å². The number of piperazine rings is 1. The van der Waals surface area contributed by atoms with E-state index in [-0.39, 0.29) is 162 Å². The number of anilines is 4. The molecule has 2 fully saturated rings. The number of aryl methyl sites for hydroxylation is 7. The van der Waals surface area contributed by atoms with Gasteiger partial charge >= 0.3 is 6.18 Å². The molecule has 9 N–H and O–H groups in total. The predicted molar refractivity (Wildman–Crippen MR) is 466 cm³/mol. The van der Waals surface area contributed by atoms with Crippen LogP contribution in [0.5, 0.6) is 0 Å². The molecule has 0 saturated carbocycles. The lowest BCUT2D eigenvalue weighted by Crippen LogP contribution is -2.54. The van der Waals surface area contributed by atoms with Crippen LogP contribution in [0.4, 0.5) is 36.2 Å². The van der Waals surface area contributed by atoms with E-state index < -0.39 is 66.0 Å². The van der Waals surface area contributed by atoms with Gasteiger partial charge in [0, 0.05) is 217 Å². The van der Waals surface area contributed by atoms with E-state index in [1.54, 1.807) is 56.5 Å². The molecule has 44 heteroatoms. The minimum absolute atomic E-state index is 0.0128. The van der Waals surface area contributed by atoms with Crippen LogP contribution >= 0.6 is 22.9 Å². The highest BCUT2D eigenvalue weighted by atomic mass is 35.5. The molecule has 1 atom stereocenters. The first kappa shape index (κ1) is 96.1. The number of ether oxygens (including phenoxy) is 4. The number of alkyl halides is 3. The van der Waals surface area contributed by atoms with Gasteiger partial charge in [-0.05, 0) is 76.3 Å². The molecule has 7 aromatic heterocycles. The van der Waals surface area contributed by atoms with Crippen LogP contribution in [0.2, 0.25) is 5.02 Å². The second-order valence-electron chi connectivity index (χ2n) is 31.1. The van der Waals surface area contributed by atoms with Gasteiger partial charge in [0.2, 0.25) is 41.2 Å². The van der Waals surface area contributed by atoms with E-state index in [4.69, 9.17) is 35.5 Å². The number of likely N-dealkylation sites (tertiary alicyclic amines) is 1. The maximum absolute atomic E-state index is 14.1. The number of fused-ring (bicyclic) bond motifs is 3. The van der Waals surface area contributed by atoms with E-state index in [1.807, 2.05) is 36.1 Å². The number of thiophene rings is 1. The summed E-state index contributed by atoms with van der Waals surface area (Å²) in [5.41, 5.74) is 4.93. The highest BCUT2D eigenvalue weighted by molar-refractivity contribution is 7.15. The third-order valence-electron chi connectivity index (χ3n) is 21.6. The number of carbonyl (C=O) groups is 10. The highest BCUT2D eigenvalue weighted by Gasteiger charge is 2.37. The number of halogens is 4. The van der Waals surface area contributed by atoms with E-state index in [0.717, 1.165) is 78.8 Å². The van der Waals surface area contributed by atoms with Gasteiger partial charge in [-0.2, -0.15) is 13.2 Å². The van der Waals surface area contributed by atoms with E-state index in [1.165, 1.54) is 72.0 Å². The summed E-state index contributed by atoms with van der Waals surface area (Å²) in [5.74, 6) is -3.02. The van der Waals surface area contributed by atoms with Crippen molar-refractivity contribution in [1.29, 1.82) is 0 Å². The molecule has 39 nitrogen and oxygen atoms in total. The van der Waals surface area contributed by atoms with Gasteiger partial charge in [0.05, 0.1) is 82.9 Å². The monoisotopic (exact) mass is 1810 g/mol. The maximum Gasteiger partial charge on any atom is 0.401 e. The van der Waals surface area contributed by atoms with Crippen molar-refractivity contribution >= 4 is 111 Å². The van der Waals surface area contributed by atoms with Crippen LogP contribution in [0.1, 0.15) is 150 Å². The molecule has 686 valence electrons. The van der Waals surface area contributed by atoms with E-state index >= 15 is 0 Å². The van der Waals surface area contributed by atoms with Crippen LogP contribution in [0, 0.1) is 20.8 Å². The maximum atomic E-state index is 14.1. The summed E-state index contributed by atoms with van der Waals surface area (Å²) in [5, 5.41) is 34.5. The fourth-order valence-corrected chi connectivity index (χ4v) is 16.2. The van der Waals surface area contributed by atoms with Crippen molar-refractivity contribution in [3.63, 3.8) is 0 Å². The molecule has 2 saturated heterocycles. The molecule has 127 heavy (non-hydrogen) atoms. The van der Waals surface area contributed by atoms with Gasteiger partial charge in [-0.1, -0.05) is 23.7 Å². The van der Waals surface area contributed by atoms with Gasteiger partial charge in [0.25, 0.3) is 29.5 Å². The summed E-state index contributed by atoms with van der Waals surface area (Å²) in [4.78, 5) is 157. The second-order valence-corrected chi connectivity index (χ2v) is 32.7. The Labute approximate surface area is 740 Å². The lowest BCUT2D eigenvalue weighted by Gasteiger charge is -2.42. The lowest BCUT2D eigenvalue weighted by atomic mass is 9.99. The zero-order valence-electron chi connectivity index (χ0n) is 72.5. The standard InChI is InChI=1S/C83H111ClF3N25O14S/c1-53-54(2)127-82-71(53)72(56-11-13-57(84)14-12-56)96-61(73-102-101-55(3)112(73)82)47-70(117)111-29-18-60(19-30-111)110-34-32-108(33-35-110)36-38-124-40-42-126-44-43-125-41-39-123-37-20-67(114)89-22-10-28-109(52-83(85,86)87)27-9-21-88-66(113)15-23-93-79(120)75-99-64(50-106(75)7)97-68(115)16-24-92-78(119)63-46-59(49-105(63)6)95-81(122)76-100-65(51-107(76)8)98-69(116)17-25-91-77(118)62-45-58(48-104(62)5)94-80(121)74-90-26-31-103(74)4/h11-14,26,31,45-46,48-51,60-61H,9-10,15-25,27-30,32-44,47,52H2,1-8H3,(H,88,113)(H,89,114)(H,91,118)(H,92,119)(H,93,120)(H,94,121)(H,95,122)(H,97,115)(H,98,116)/t61-/m0/s1. The van der Waals surface area contributed by atoms with Crippen LogP contribution in [0.15, 0.2) is 78.6 Å². The van der Waals surface area contributed by atoms with Gasteiger partial charge in [0.1, 0.15) is 28.3 Å². The molecule has 0 aliphatic carbocycles. The Bertz CT molecular complexity index is 5170. The van der Waals surface area contributed by atoms with Crippen LogP contribution in [0.3, 0.4) is 0 Å². The first-order chi connectivity index (χ1) is 60.9. The Kier molecular flexibility index (Phi) is 35.0. The Morgan fingerprint density at radius 3 is 1.61 bits per heavy atom. The summed E-state index contributed by atoms with van der Waals surface area (Å²) in [6.07, 6.45) is 6.55. The number of aromatic nitrogens is 11. The predicted octanol–water partition coefficient (Wildman–Crippen LogP) is 4.85. The largest absolute Gasteiger partial charge is 0.401 e. The molecule has 0 bridgehead atoms. The highest BCUT2D eigenvalue weighted by Crippen LogP contribution is 2.40. The minimum atomic E-state index is -4.48. The van der Waals surface area contributed by atoms with Crippen LogP contribution in [-0.4, -0.2) is 300 Å². The number of amides is 10. The summed E-state index contributed by atoms with van der Waals surface area (Å²) >= 11 is 8.00. The summed E-state index contributed by atoms with van der Waals surface area (Å²) < 4.78 is 72.6. The number of hydrogen-bond acceptors (Lipinski definition) is 24. The van der Waals surface area contributed by atoms with E-state index in [0.29, 0.717) is 75.3 Å². The fourth-order valence-electron chi connectivity index (χ4n) is 14.8. The molecule has 1 aromatic carbocycles. The molecular weight excluding hydrogens is 1700 g/mol. The van der Waals surface area contributed by atoms with Crippen molar-refractivity contribution in [2.45, 2.75) is 96.8 Å². The molecule has 0 unspecified atom stereocenters. The first-order valence-electron chi connectivity index (χ1n) is 42.1. The number of rotatable bonds is 46. The van der Waals surface area contributed by atoms with Crippen LogP contribution in [0.25, 0.3) is 5.00 Å². The smallest absolute Gasteiger partial charge is 0.379 e. The number of nitrogens with one attached hydrogen (secondary N) is 9. The molecule has 3 aliphatic rings. The molecule has 10 amide bonds. The Balaban J connectivity index is 0.464. The van der Waals surface area contributed by atoms with Crippen molar-refractivity contribution in [2.24, 2.45) is 40.2 Å². The molecular formula is C83H111ClF3N25O14S. The number of imidazole rings is 3. The van der Waals surface area contributed by atoms with Gasteiger partial charge in [0.15, 0.2) is 23.3 Å². The Morgan fingerprint density at radius 2 is 1.06 bits per heavy atom. The quantitative estimate of drug-likeness (QED) is 0.0230. The minimum Gasteiger partial charge on any atom is -0.379 e. The zero-order chi connectivity index (χ0) is 90.8. The first-order valence-corrected chi connectivity index (χ1v) is 43.3. The van der Waals surface area contributed by atoms with E-state index in [2.05, 4.69) is 101 Å². The third-order valence-corrected chi connectivity index (χ3v) is 23.0. The summed E-state index contributed by atoms with van der Waals surface area (Å²) in [6.45, 7) is 13.9. The van der Waals surface area contributed by atoms with Gasteiger partial charge in [-0.15, -0.1) is 21.5 Å². The summed E-state index contributed by atoms with van der Waals surface area (Å²) in [6, 6.07) is 10.5. The third kappa shape index (κ3) is 28.0. The molecule has 0 spiro atoms. The number of benzene rings is 1. The average Bonchev–Trinajstić information content (AvgIpc) is 1.59. The van der Waals surface area contributed by atoms with Gasteiger partial charge < -0.3 is 94.5 Å². The fraction of sp³-hybridized carbons (Fsp3) is 0.518. The molecule has 3 aliphatic heterocycles. The molecule has 8 aromatic rings.